The average molecular weight is 462 g/mol. The number of fused-ring (bicyclic) bond motifs is 6. The minimum atomic E-state index is 0.972. The molecule has 3 heteroatoms. The van der Waals surface area contributed by atoms with Gasteiger partial charge in [0.05, 0.1) is 23.1 Å². The second-order valence-corrected chi connectivity index (χ2v) is 8.89. The molecule has 7 aromatic rings. The van der Waals surface area contributed by atoms with Crippen molar-refractivity contribution in [2.75, 3.05) is 4.90 Å². The smallest absolute Gasteiger partial charge is 0.145 e. The number of hydrogen-bond donors (Lipinski definition) is 0. The molecule has 0 saturated heterocycles. The van der Waals surface area contributed by atoms with E-state index in [1.165, 1.54) is 10.8 Å². The maximum absolute atomic E-state index is 4.96. The Morgan fingerprint density at radius 3 is 1.78 bits per heavy atom. The van der Waals surface area contributed by atoms with Crippen LogP contribution < -0.4 is 4.90 Å². The van der Waals surface area contributed by atoms with Gasteiger partial charge in [-0.15, -0.1) is 0 Å². The number of benzene rings is 5. The summed E-state index contributed by atoms with van der Waals surface area (Å²) in [5, 5.41) is 3.60. The van der Waals surface area contributed by atoms with Crippen LogP contribution in [-0.2, 0) is 0 Å². The van der Waals surface area contributed by atoms with E-state index in [2.05, 4.69) is 143 Å². The van der Waals surface area contributed by atoms with Crippen LogP contribution in [0.1, 0.15) is 0 Å². The van der Waals surface area contributed by atoms with E-state index in [1.54, 1.807) is 0 Å². The highest BCUT2D eigenvalue weighted by atomic mass is 15.1. The molecule has 0 N–H and O–H groups in total. The Kier molecular flexibility index (Phi) is 4.78. The molecule has 0 spiro atoms. The molecule has 2 heterocycles. The molecule has 0 bridgehead atoms. The number of para-hydroxylation sites is 4. The van der Waals surface area contributed by atoms with Gasteiger partial charge < -0.3 is 4.90 Å². The third kappa shape index (κ3) is 3.18. The topological polar surface area (TPSA) is 20.5 Å². The number of pyridine rings is 1. The van der Waals surface area contributed by atoms with Crippen molar-refractivity contribution in [2.45, 2.75) is 0 Å². The van der Waals surface area contributed by atoms with Crippen molar-refractivity contribution in [2.24, 2.45) is 0 Å². The number of nitrogens with zero attached hydrogens (tertiary/aromatic N) is 3. The minimum absolute atomic E-state index is 0.972. The Bertz CT molecular complexity index is 1800. The maximum Gasteiger partial charge on any atom is 0.145 e. The summed E-state index contributed by atoms with van der Waals surface area (Å²) in [6, 6.07) is 46.8. The lowest BCUT2D eigenvalue weighted by Gasteiger charge is -2.27. The molecule has 5 aromatic carbocycles. The zero-order valence-corrected chi connectivity index (χ0v) is 19.6. The van der Waals surface area contributed by atoms with Crippen molar-refractivity contribution in [3.63, 3.8) is 0 Å². The molecule has 0 aliphatic carbocycles. The molecule has 0 atom stereocenters. The summed E-state index contributed by atoms with van der Waals surface area (Å²) in [5.41, 5.74) is 7.65. The van der Waals surface area contributed by atoms with Crippen LogP contribution in [0.3, 0.4) is 0 Å². The third-order valence-corrected chi connectivity index (χ3v) is 6.81. The lowest BCUT2D eigenvalue weighted by molar-refractivity contribution is 1.24. The fourth-order valence-electron chi connectivity index (χ4n) is 5.25. The Balaban J connectivity index is 1.56. The third-order valence-electron chi connectivity index (χ3n) is 6.81. The molecular formula is C33H23N3. The van der Waals surface area contributed by atoms with Crippen LogP contribution in [0, 0.1) is 0 Å². The zero-order valence-electron chi connectivity index (χ0n) is 19.6. The van der Waals surface area contributed by atoms with Gasteiger partial charge in [0.1, 0.15) is 5.65 Å². The summed E-state index contributed by atoms with van der Waals surface area (Å²) >= 11 is 0. The largest absolute Gasteiger partial charge is 0.310 e. The molecule has 0 fully saturated rings. The first-order chi connectivity index (χ1) is 17.9. The summed E-state index contributed by atoms with van der Waals surface area (Å²) in [5.74, 6) is 0. The summed E-state index contributed by atoms with van der Waals surface area (Å²) in [4.78, 5) is 7.28. The van der Waals surface area contributed by atoms with Crippen LogP contribution in [0.25, 0.3) is 38.6 Å². The zero-order chi connectivity index (χ0) is 23.9. The van der Waals surface area contributed by atoms with Gasteiger partial charge in [0.15, 0.2) is 0 Å². The molecule has 3 nitrogen and oxygen atoms in total. The second-order valence-electron chi connectivity index (χ2n) is 8.89. The van der Waals surface area contributed by atoms with Gasteiger partial charge in [0, 0.05) is 27.7 Å². The normalized spacial score (nSPS) is 11.3. The highest BCUT2D eigenvalue weighted by Crippen LogP contribution is 2.42. The highest BCUT2D eigenvalue weighted by molar-refractivity contribution is 6.12. The van der Waals surface area contributed by atoms with Gasteiger partial charge in [-0.3, -0.25) is 4.40 Å². The van der Waals surface area contributed by atoms with Crippen molar-refractivity contribution in [3.05, 3.63) is 140 Å². The van der Waals surface area contributed by atoms with Crippen molar-refractivity contribution in [1.82, 2.24) is 9.38 Å². The van der Waals surface area contributed by atoms with Gasteiger partial charge in [-0.1, -0.05) is 97.1 Å². The Morgan fingerprint density at radius 2 is 1.06 bits per heavy atom. The van der Waals surface area contributed by atoms with E-state index in [0.29, 0.717) is 0 Å². The Labute approximate surface area is 209 Å². The van der Waals surface area contributed by atoms with Crippen LogP contribution in [0.4, 0.5) is 17.1 Å². The molecule has 0 aliphatic heterocycles. The number of anilines is 3. The van der Waals surface area contributed by atoms with Crippen molar-refractivity contribution in [3.8, 4) is 11.3 Å². The van der Waals surface area contributed by atoms with E-state index in [0.717, 1.165) is 44.9 Å². The molecular weight excluding hydrogens is 438 g/mol. The summed E-state index contributed by atoms with van der Waals surface area (Å²) in [6.07, 6.45) is 2.02. The molecule has 0 saturated carbocycles. The summed E-state index contributed by atoms with van der Waals surface area (Å²) in [7, 11) is 0. The van der Waals surface area contributed by atoms with Crippen molar-refractivity contribution < 1.29 is 0 Å². The van der Waals surface area contributed by atoms with Crippen LogP contribution >= 0.6 is 0 Å². The van der Waals surface area contributed by atoms with E-state index in [4.69, 9.17) is 4.98 Å². The van der Waals surface area contributed by atoms with E-state index in [9.17, 15) is 0 Å². The van der Waals surface area contributed by atoms with E-state index < -0.39 is 0 Å². The van der Waals surface area contributed by atoms with Gasteiger partial charge in [0.25, 0.3) is 0 Å². The van der Waals surface area contributed by atoms with E-state index in [-0.39, 0.29) is 0 Å². The first kappa shape index (κ1) is 20.5. The highest BCUT2D eigenvalue weighted by Gasteiger charge is 2.20. The molecule has 36 heavy (non-hydrogen) atoms. The fraction of sp³-hybridized carbons (Fsp3) is 0. The Hall–Kier alpha value is -4.89. The van der Waals surface area contributed by atoms with Gasteiger partial charge in [-0.2, -0.15) is 0 Å². The predicted octanol–water partition coefficient (Wildman–Crippen LogP) is 8.78. The molecule has 0 unspecified atom stereocenters. The molecule has 170 valence electrons. The molecule has 7 rings (SSSR count). The van der Waals surface area contributed by atoms with Crippen LogP contribution in [-0.4, -0.2) is 9.38 Å². The van der Waals surface area contributed by atoms with Crippen molar-refractivity contribution >= 4 is 44.4 Å². The standard InChI is InChI=1S/C33H23N3/c1-3-13-24(14-4-1)35(25-15-5-2-6-16-25)31-22-12-10-20-29(31)32-23-34-33-28-19-8-7-17-26(28)27-18-9-11-21-30(27)36(32)33/h1-23H. The lowest BCUT2D eigenvalue weighted by Crippen LogP contribution is -2.11. The Morgan fingerprint density at radius 1 is 0.500 bits per heavy atom. The van der Waals surface area contributed by atoms with Crippen LogP contribution in [0.2, 0.25) is 0 Å². The fourth-order valence-corrected chi connectivity index (χ4v) is 5.25. The number of imidazole rings is 1. The van der Waals surface area contributed by atoms with E-state index in [1.807, 2.05) is 6.20 Å². The molecule has 0 amide bonds. The van der Waals surface area contributed by atoms with Gasteiger partial charge in [0.2, 0.25) is 0 Å². The number of rotatable bonds is 4. The summed E-state index contributed by atoms with van der Waals surface area (Å²) in [6.45, 7) is 0. The first-order valence-electron chi connectivity index (χ1n) is 12.2. The quantitative estimate of drug-likeness (QED) is 0.244. The van der Waals surface area contributed by atoms with Crippen LogP contribution in [0.5, 0.6) is 0 Å². The first-order valence-corrected chi connectivity index (χ1v) is 12.2. The molecule has 0 aliphatic rings. The van der Waals surface area contributed by atoms with Crippen LogP contribution in [0.15, 0.2) is 140 Å². The second kappa shape index (κ2) is 8.40. The monoisotopic (exact) mass is 461 g/mol. The van der Waals surface area contributed by atoms with Gasteiger partial charge in [-0.25, -0.2) is 4.98 Å². The predicted molar refractivity (Wildman–Crippen MR) is 150 cm³/mol. The van der Waals surface area contributed by atoms with Gasteiger partial charge in [-0.05, 0) is 41.8 Å². The number of aromatic nitrogens is 2. The summed E-state index contributed by atoms with van der Waals surface area (Å²) < 4.78 is 2.31. The van der Waals surface area contributed by atoms with Gasteiger partial charge >= 0.3 is 0 Å². The van der Waals surface area contributed by atoms with E-state index >= 15 is 0 Å². The SMILES string of the molecule is c1ccc(N(c2ccccc2)c2ccccc2-c2cnc3c4ccccc4c4ccccc4n23)cc1. The molecule has 2 aromatic heterocycles. The molecule has 0 radical (unpaired) electrons. The number of hydrogen-bond acceptors (Lipinski definition) is 2. The average Bonchev–Trinajstić information content (AvgIpc) is 3.41. The minimum Gasteiger partial charge on any atom is -0.310 e. The lowest BCUT2D eigenvalue weighted by atomic mass is 10.0. The maximum atomic E-state index is 4.96. The van der Waals surface area contributed by atoms with Crippen molar-refractivity contribution in [1.29, 1.82) is 0 Å².